The molecule has 132 valence electrons. The highest BCUT2D eigenvalue weighted by Gasteiger charge is 2.45. The van der Waals surface area contributed by atoms with Gasteiger partial charge in [0.05, 0.1) is 18.7 Å². The van der Waals surface area contributed by atoms with Crippen LogP contribution in [0.3, 0.4) is 0 Å². The molecule has 3 rings (SSSR count). The van der Waals surface area contributed by atoms with Gasteiger partial charge in [-0.2, -0.15) is 0 Å². The summed E-state index contributed by atoms with van der Waals surface area (Å²) in [4.78, 5) is 26.6. The van der Waals surface area contributed by atoms with Crippen LogP contribution < -0.4 is 4.74 Å². The predicted octanol–water partition coefficient (Wildman–Crippen LogP) is 3.30. The summed E-state index contributed by atoms with van der Waals surface area (Å²) in [5, 5.41) is 10.8. The molecule has 26 heavy (non-hydrogen) atoms. The number of Topliss-reactive ketones (excluding diaryl/α,β-unsaturated/α-hetero) is 1. The molecule has 0 saturated carbocycles. The number of hydrogen-bond donors (Lipinski definition) is 1. The molecule has 1 amide bonds. The number of amides is 1. The van der Waals surface area contributed by atoms with Gasteiger partial charge in [0.15, 0.2) is 0 Å². The Morgan fingerprint density at radius 2 is 1.81 bits per heavy atom. The van der Waals surface area contributed by atoms with E-state index >= 15 is 0 Å². The lowest BCUT2D eigenvalue weighted by molar-refractivity contribution is -0.139. The van der Waals surface area contributed by atoms with E-state index in [-0.39, 0.29) is 17.9 Å². The number of benzene rings is 2. The minimum absolute atomic E-state index is 0.0771. The third-order valence-electron chi connectivity index (χ3n) is 4.34. The maximum absolute atomic E-state index is 12.6. The van der Waals surface area contributed by atoms with E-state index in [1.54, 1.807) is 61.7 Å². The SMILES string of the molecule is C=CCN1C(=O)C(=O)/C(=C(\O)c2ccccc2)C1c1ccc(OC)cc1. The fourth-order valence-electron chi connectivity index (χ4n) is 3.09. The number of rotatable bonds is 5. The van der Waals surface area contributed by atoms with Crippen LogP contribution in [-0.2, 0) is 9.59 Å². The number of carbonyl (C=O) groups is 2. The summed E-state index contributed by atoms with van der Waals surface area (Å²) in [6.07, 6.45) is 1.56. The normalized spacial score (nSPS) is 18.8. The van der Waals surface area contributed by atoms with E-state index in [1.807, 2.05) is 6.07 Å². The van der Waals surface area contributed by atoms with Crippen LogP contribution in [0.1, 0.15) is 17.2 Å². The molecule has 1 heterocycles. The Labute approximate surface area is 151 Å². The number of ether oxygens (including phenoxy) is 1. The van der Waals surface area contributed by atoms with Crippen molar-refractivity contribution in [2.45, 2.75) is 6.04 Å². The first-order valence-corrected chi connectivity index (χ1v) is 8.17. The predicted molar refractivity (Wildman–Crippen MR) is 98.6 cm³/mol. The summed E-state index contributed by atoms with van der Waals surface area (Å²) in [6, 6.07) is 15.1. The van der Waals surface area contributed by atoms with Crippen LogP contribution in [0.2, 0.25) is 0 Å². The zero-order valence-electron chi connectivity index (χ0n) is 14.4. The summed E-state index contributed by atoms with van der Waals surface area (Å²) in [6.45, 7) is 3.86. The van der Waals surface area contributed by atoms with E-state index in [4.69, 9.17) is 4.74 Å². The fourth-order valence-corrected chi connectivity index (χ4v) is 3.09. The van der Waals surface area contributed by atoms with Crippen LogP contribution in [0.5, 0.6) is 5.75 Å². The van der Waals surface area contributed by atoms with Crippen LogP contribution in [0.15, 0.2) is 72.8 Å². The Hall–Kier alpha value is -3.34. The van der Waals surface area contributed by atoms with E-state index in [0.29, 0.717) is 16.9 Å². The Bertz CT molecular complexity index is 869. The standard InChI is InChI=1S/C21H19NO4/c1-3-13-22-18(14-9-11-16(26-2)12-10-14)17(20(24)21(22)25)19(23)15-7-5-4-6-8-15/h3-12,18,23H,1,13H2,2H3/b19-17-. The van der Waals surface area contributed by atoms with Gasteiger partial charge in [-0.3, -0.25) is 9.59 Å². The maximum Gasteiger partial charge on any atom is 0.295 e. The maximum atomic E-state index is 12.6. The van der Waals surface area contributed by atoms with Crippen molar-refractivity contribution in [1.29, 1.82) is 0 Å². The van der Waals surface area contributed by atoms with Gasteiger partial charge in [-0.25, -0.2) is 0 Å². The van der Waals surface area contributed by atoms with Crippen LogP contribution >= 0.6 is 0 Å². The minimum Gasteiger partial charge on any atom is -0.507 e. The largest absolute Gasteiger partial charge is 0.507 e. The van der Waals surface area contributed by atoms with Crippen LogP contribution in [-0.4, -0.2) is 35.4 Å². The van der Waals surface area contributed by atoms with Gasteiger partial charge >= 0.3 is 0 Å². The Balaban J connectivity index is 2.17. The van der Waals surface area contributed by atoms with Crippen molar-refractivity contribution in [2.24, 2.45) is 0 Å². The van der Waals surface area contributed by atoms with Gasteiger partial charge in [0.1, 0.15) is 11.5 Å². The van der Waals surface area contributed by atoms with Gasteiger partial charge in [0, 0.05) is 12.1 Å². The molecule has 0 radical (unpaired) electrons. The van der Waals surface area contributed by atoms with Gasteiger partial charge in [-0.15, -0.1) is 6.58 Å². The van der Waals surface area contributed by atoms with Crippen molar-refractivity contribution in [3.63, 3.8) is 0 Å². The van der Waals surface area contributed by atoms with Crippen LogP contribution in [0, 0.1) is 0 Å². The summed E-state index contributed by atoms with van der Waals surface area (Å²) < 4.78 is 5.17. The van der Waals surface area contributed by atoms with Gasteiger partial charge in [0.25, 0.3) is 11.7 Å². The molecule has 0 aromatic heterocycles. The Morgan fingerprint density at radius 1 is 1.15 bits per heavy atom. The first-order valence-electron chi connectivity index (χ1n) is 8.17. The number of nitrogens with zero attached hydrogens (tertiary/aromatic N) is 1. The van der Waals surface area contributed by atoms with Gasteiger partial charge in [0.2, 0.25) is 0 Å². The second kappa shape index (κ2) is 7.27. The number of hydrogen-bond acceptors (Lipinski definition) is 4. The fraction of sp³-hybridized carbons (Fsp3) is 0.143. The Kier molecular flexibility index (Phi) is 4.89. The number of likely N-dealkylation sites (tertiary alicyclic amines) is 1. The van der Waals surface area contributed by atoms with Crippen molar-refractivity contribution in [3.8, 4) is 5.75 Å². The van der Waals surface area contributed by atoms with Gasteiger partial charge < -0.3 is 14.7 Å². The molecular formula is C21H19NO4. The molecule has 1 N–H and O–H groups in total. The van der Waals surface area contributed by atoms with E-state index in [1.165, 1.54) is 4.90 Å². The number of ketones is 1. The summed E-state index contributed by atoms with van der Waals surface area (Å²) in [7, 11) is 1.56. The molecule has 1 atom stereocenters. The molecule has 1 unspecified atom stereocenters. The highest BCUT2D eigenvalue weighted by Crippen LogP contribution is 2.39. The smallest absolute Gasteiger partial charge is 0.295 e. The third kappa shape index (κ3) is 2.99. The van der Waals surface area contributed by atoms with Crippen molar-refractivity contribution in [2.75, 3.05) is 13.7 Å². The highest BCUT2D eigenvalue weighted by atomic mass is 16.5. The molecular weight excluding hydrogens is 330 g/mol. The second-order valence-electron chi connectivity index (χ2n) is 5.88. The van der Waals surface area contributed by atoms with Gasteiger partial charge in [-0.05, 0) is 17.7 Å². The van der Waals surface area contributed by atoms with Crippen LogP contribution in [0.4, 0.5) is 0 Å². The molecule has 2 aromatic rings. The zero-order chi connectivity index (χ0) is 18.7. The molecule has 0 aliphatic carbocycles. The molecule has 1 fully saturated rings. The van der Waals surface area contributed by atoms with E-state index in [2.05, 4.69) is 6.58 Å². The first kappa shape index (κ1) is 17.5. The minimum atomic E-state index is -0.700. The third-order valence-corrected chi connectivity index (χ3v) is 4.34. The number of aliphatic hydroxyl groups is 1. The summed E-state index contributed by atoms with van der Waals surface area (Å²) >= 11 is 0. The van der Waals surface area contributed by atoms with Gasteiger partial charge in [-0.1, -0.05) is 48.5 Å². The summed E-state index contributed by atoms with van der Waals surface area (Å²) in [5.74, 6) is -0.869. The number of methoxy groups -OCH3 is 1. The second-order valence-corrected chi connectivity index (χ2v) is 5.88. The Morgan fingerprint density at radius 3 is 2.38 bits per heavy atom. The molecule has 0 spiro atoms. The zero-order valence-corrected chi connectivity index (χ0v) is 14.4. The lowest BCUT2D eigenvalue weighted by atomic mass is 9.95. The van der Waals surface area contributed by atoms with Crippen LogP contribution in [0.25, 0.3) is 5.76 Å². The molecule has 5 heteroatoms. The molecule has 1 aliphatic rings. The van der Waals surface area contributed by atoms with Crippen molar-refractivity contribution in [3.05, 3.63) is 84.0 Å². The lowest BCUT2D eigenvalue weighted by Gasteiger charge is -2.24. The molecule has 1 aliphatic heterocycles. The number of carbonyl (C=O) groups excluding carboxylic acids is 2. The first-order chi connectivity index (χ1) is 12.6. The van der Waals surface area contributed by atoms with Crippen molar-refractivity contribution in [1.82, 2.24) is 4.90 Å². The van der Waals surface area contributed by atoms with Crippen molar-refractivity contribution < 1.29 is 19.4 Å². The van der Waals surface area contributed by atoms with E-state index in [9.17, 15) is 14.7 Å². The van der Waals surface area contributed by atoms with E-state index in [0.717, 1.165) is 0 Å². The quantitative estimate of drug-likeness (QED) is 0.389. The van der Waals surface area contributed by atoms with E-state index < -0.39 is 17.7 Å². The molecule has 5 nitrogen and oxygen atoms in total. The monoisotopic (exact) mass is 349 g/mol. The average molecular weight is 349 g/mol. The topological polar surface area (TPSA) is 66.8 Å². The molecule has 2 aromatic carbocycles. The average Bonchev–Trinajstić information content (AvgIpc) is 2.93. The lowest BCUT2D eigenvalue weighted by Crippen LogP contribution is -2.29. The van der Waals surface area contributed by atoms with Crippen molar-refractivity contribution >= 4 is 17.4 Å². The molecule has 1 saturated heterocycles. The number of aliphatic hydroxyl groups excluding tert-OH is 1. The summed E-state index contributed by atoms with van der Waals surface area (Å²) in [5.41, 5.74) is 1.28. The molecule has 0 bridgehead atoms. The highest BCUT2D eigenvalue weighted by molar-refractivity contribution is 6.46.